The third-order valence-corrected chi connectivity index (χ3v) is 4.88. The van der Waals surface area contributed by atoms with E-state index in [4.69, 9.17) is 4.74 Å². The van der Waals surface area contributed by atoms with Gasteiger partial charge < -0.3 is 9.84 Å². The summed E-state index contributed by atoms with van der Waals surface area (Å²) in [6, 6.07) is 13.1. The van der Waals surface area contributed by atoms with Crippen molar-refractivity contribution in [1.29, 1.82) is 0 Å². The molecule has 1 N–H and O–H groups in total. The molecular formula is C17H21NO2S. The Morgan fingerprint density at radius 2 is 2.10 bits per heavy atom. The zero-order chi connectivity index (χ0) is 14.7. The van der Waals surface area contributed by atoms with Crippen LogP contribution in [-0.2, 0) is 11.3 Å². The van der Waals surface area contributed by atoms with Crippen molar-refractivity contribution >= 4 is 11.3 Å². The van der Waals surface area contributed by atoms with E-state index in [0.29, 0.717) is 12.6 Å². The van der Waals surface area contributed by atoms with Gasteiger partial charge in [-0.1, -0.05) is 30.3 Å². The molecule has 2 aromatic rings. The monoisotopic (exact) mass is 303 g/mol. The zero-order valence-electron chi connectivity index (χ0n) is 12.2. The number of benzene rings is 1. The van der Waals surface area contributed by atoms with Gasteiger partial charge in [0.25, 0.3) is 0 Å². The molecule has 0 saturated carbocycles. The second-order valence-corrected chi connectivity index (χ2v) is 6.58. The molecule has 112 valence electrons. The maximum Gasteiger partial charge on any atom is 0.0933 e. The van der Waals surface area contributed by atoms with Crippen LogP contribution in [0.1, 0.15) is 11.8 Å². The third kappa shape index (κ3) is 3.52. The van der Waals surface area contributed by atoms with Crippen molar-refractivity contribution in [1.82, 2.24) is 4.90 Å². The van der Waals surface area contributed by atoms with Gasteiger partial charge in [0.2, 0.25) is 0 Å². The first kappa shape index (κ1) is 14.7. The van der Waals surface area contributed by atoms with E-state index in [-0.39, 0.29) is 12.7 Å². The first-order chi connectivity index (χ1) is 10.3. The Bertz CT molecular complexity index is 569. The van der Waals surface area contributed by atoms with Gasteiger partial charge in [0.1, 0.15) is 0 Å². The van der Waals surface area contributed by atoms with E-state index in [0.717, 1.165) is 13.1 Å². The molecule has 1 aromatic carbocycles. The molecule has 0 spiro atoms. The predicted molar refractivity (Wildman–Crippen MR) is 86.5 cm³/mol. The van der Waals surface area contributed by atoms with Crippen molar-refractivity contribution in [2.24, 2.45) is 0 Å². The SMILES string of the molecule is CC1COC(CO)CN1Cc1cc(-c2ccccc2)cs1. The van der Waals surface area contributed by atoms with E-state index >= 15 is 0 Å². The van der Waals surface area contributed by atoms with Crippen LogP contribution in [0.3, 0.4) is 0 Å². The summed E-state index contributed by atoms with van der Waals surface area (Å²) in [5.74, 6) is 0. The van der Waals surface area contributed by atoms with E-state index < -0.39 is 0 Å². The minimum absolute atomic E-state index is 0.0465. The average molecular weight is 303 g/mol. The van der Waals surface area contributed by atoms with Gasteiger partial charge in [-0.2, -0.15) is 0 Å². The number of morpholine rings is 1. The maximum atomic E-state index is 9.26. The Morgan fingerprint density at radius 3 is 2.86 bits per heavy atom. The fraction of sp³-hybridized carbons (Fsp3) is 0.412. The van der Waals surface area contributed by atoms with Crippen molar-refractivity contribution in [2.45, 2.75) is 25.6 Å². The van der Waals surface area contributed by atoms with Crippen LogP contribution in [0.15, 0.2) is 41.8 Å². The standard InChI is InChI=1S/C17H21NO2S/c1-13-11-20-16(10-19)8-18(13)9-17-7-15(12-21-17)14-5-3-2-4-6-14/h2-7,12-13,16,19H,8-11H2,1H3. The molecule has 2 heterocycles. The summed E-state index contributed by atoms with van der Waals surface area (Å²) in [4.78, 5) is 3.75. The van der Waals surface area contributed by atoms with E-state index in [1.165, 1.54) is 16.0 Å². The third-order valence-electron chi connectivity index (χ3n) is 3.96. The number of thiophene rings is 1. The topological polar surface area (TPSA) is 32.7 Å². The van der Waals surface area contributed by atoms with Gasteiger partial charge in [0, 0.05) is 24.0 Å². The highest BCUT2D eigenvalue weighted by atomic mass is 32.1. The molecule has 1 aliphatic heterocycles. The second kappa shape index (κ2) is 6.71. The Balaban J connectivity index is 1.69. The normalized spacial score (nSPS) is 23.3. The first-order valence-electron chi connectivity index (χ1n) is 7.35. The number of aliphatic hydroxyl groups excluding tert-OH is 1. The number of hydrogen-bond donors (Lipinski definition) is 1. The Labute approximate surface area is 129 Å². The number of ether oxygens (including phenoxy) is 1. The van der Waals surface area contributed by atoms with Crippen LogP contribution < -0.4 is 0 Å². The van der Waals surface area contributed by atoms with Crippen LogP contribution in [0, 0.1) is 0 Å². The maximum absolute atomic E-state index is 9.26. The number of hydrogen-bond acceptors (Lipinski definition) is 4. The van der Waals surface area contributed by atoms with Gasteiger partial charge in [0.15, 0.2) is 0 Å². The van der Waals surface area contributed by atoms with Crippen LogP contribution in [0.5, 0.6) is 0 Å². The first-order valence-corrected chi connectivity index (χ1v) is 8.23. The highest BCUT2D eigenvalue weighted by Crippen LogP contribution is 2.27. The van der Waals surface area contributed by atoms with Gasteiger partial charge in [-0.05, 0) is 29.5 Å². The minimum Gasteiger partial charge on any atom is -0.394 e. The van der Waals surface area contributed by atoms with Crippen molar-refractivity contribution in [3.8, 4) is 11.1 Å². The molecule has 0 radical (unpaired) electrons. The predicted octanol–water partition coefficient (Wildman–Crippen LogP) is 3.00. The average Bonchev–Trinajstić information content (AvgIpc) is 2.99. The van der Waals surface area contributed by atoms with Gasteiger partial charge >= 0.3 is 0 Å². The molecule has 1 aromatic heterocycles. The van der Waals surface area contributed by atoms with Crippen molar-refractivity contribution in [3.63, 3.8) is 0 Å². The Kier molecular flexibility index (Phi) is 4.70. The summed E-state index contributed by atoms with van der Waals surface area (Å²) >= 11 is 1.80. The van der Waals surface area contributed by atoms with Crippen LogP contribution in [0.25, 0.3) is 11.1 Å². The summed E-state index contributed by atoms with van der Waals surface area (Å²) in [6.45, 7) is 4.71. The van der Waals surface area contributed by atoms with Crippen LogP contribution >= 0.6 is 11.3 Å². The summed E-state index contributed by atoms with van der Waals surface area (Å²) in [6.07, 6.45) is -0.0465. The fourth-order valence-corrected chi connectivity index (χ4v) is 3.57. The molecule has 1 fully saturated rings. The molecule has 0 amide bonds. The zero-order valence-corrected chi connectivity index (χ0v) is 13.1. The van der Waals surface area contributed by atoms with E-state index in [1.807, 2.05) is 6.07 Å². The smallest absolute Gasteiger partial charge is 0.0933 e. The minimum atomic E-state index is -0.0465. The van der Waals surface area contributed by atoms with Crippen LogP contribution in [0.2, 0.25) is 0 Å². The van der Waals surface area contributed by atoms with Gasteiger partial charge in [-0.3, -0.25) is 4.90 Å². The van der Waals surface area contributed by atoms with Crippen molar-refractivity contribution < 1.29 is 9.84 Å². The second-order valence-electron chi connectivity index (χ2n) is 5.58. The molecular weight excluding hydrogens is 282 g/mol. The Morgan fingerprint density at radius 1 is 1.29 bits per heavy atom. The van der Waals surface area contributed by atoms with E-state index in [9.17, 15) is 5.11 Å². The molecule has 2 atom stereocenters. The molecule has 0 aliphatic carbocycles. The summed E-state index contributed by atoms with van der Waals surface area (Å²) < 4.78 is 5.59. The molecule has 3 nitrogen and oxygen atoms in total. The lowest BCUT2D eigenvalue weighted by molar-refractivity contribution is -0.0802. The molecule has 1 saturated heterocycles. The molecule has 0 bridgehead atoms. The highest BCUT2D eigenvalue weighted by molar-refractivity contribution is 7.10. The molecule has 3 rings (SSSR count). The Hall–Kier alpha value is -1.20. The van der Waals surface area contributed by atoms with Gasteiger partial charge in [-0.15, -0.1) is 11.3 Å². The summed E-state index contributed by atoms with van der Waals surface area (Å²) in [5.41, 5.74) is 2.55. The molecule has 21 heavy (non-hydrogen) atoms. The number of rotatable bonds is 4. The molecule has 2 unspecified atom stereocenters. The molecule has 1 aliphatic rings. The fourth-order valence-electron chi connectivity index (χ4n) is 2.65. The lowest BCUT2D eigenvalue weighted by Gasteiger charge is -2.37. The quantitative estimate of drug-likeness (QED) is 0.942. The van der Waals surface area contributed by atoms with Gasteiger partial charge in [0.05, 0.1) is 19.3 Å². The molecule has 4 heteroatoms. The van der Waals surface area contributed by atoms with Crippen molar-refractivity contribution in [2.75, 3.05) is 19.8 Å². The van der Waals surface area contributed by atoms with Crippen LogP contribution in [-0.4, -0.2) is 41.9 Å². The number of nitrogens with zero attached hydrogens (tertiary/aromatic N) is 1. The largest absolute Gasteiger partial charge is 0.394 e. The van der Waals surface area contributed by atoms with Crippen LogP contribution in [0.4, 0.5) is 0 Å². The van der Waals surface area contributed by atoms with Gasteiger partial charge in [-0.25, -0.2) is 0 Å². The van der Waals surface area contributed by atoms with Crippen molar-refractivity contribution in [3.05, 3.63) is 46.7 Å². The lowest BCUT2D eigenvalue weighted by Crippen LogP contribution is -2.48. The summed E-state index contributed by atoms with van der Waals surface area (Å²) in [5, 5.41) is 11.5. The number of aliphatic hydroxyl groups is 1. The summed E-state index contributed by atoms with van der Waals surface area (Å²) in [7, 11) is 0. The lowest BCUT2D eigenvalue weighted by atomic mass is 10.1. The highest BCUT2D eigenvalue weighted by Gasteiger charge is 2.25. The van der Waals surface area contributed by atoms with E-state index in [1.54, 1.807) is 11.3 Å². The van der Waals surface area contributed by atoms with E-state index in [2.05, 4.69) is 47.5 Å².